The maximum atomic E-state index is 13.6. The molecule has 3 rings (SSSR count). The minimum Gasteiger partial charge on any atom is -0.352 e. The molecule has 2 amide bonds. The van der Waals surface area contributed by atoms with E-state index in [0.29, 0.717) is 28.6 Å². The summed E-state index contributed by atoms with van der Waals surface area (Å²) in [5.74, 6) is -0.376. The maximum Gasteiger partial charge on any atom is 0.243 e. The van der Waals surface area contributed by atoms with Crippen LogP contribution < -0.4 is 9.62 Å². The van der Waals surface area contributed by atoms with Gasteiger partial charge in [-0.25, -0.2) is 8.42 Å². The third-order valence-electron chi connectivity index (χ3n) is 7.15. The van der Waals surface area contributed by atoms with Crippen LogP contribution in [0.4, 0.5) is 5.69 Å². The van der Waals surface area contributed by atoms with Gasteiger partial charge in [0.2, 0.25) is 21.8 Å². The number of sulfonamides is 1. The van der Waals surface area contributed by atoms with Crippen LogP contribution in [0.25, 0.3) is 0 Å². The highest BCUT2D eigenvalue weighted by Crippen LogP contribution is 2.25. The summed E-state index contributed by atoms with van der Waals surface area (Å²) >= 11 is 12.3. The molecule has 0 heterocycles. The number of amides is 2. The van der Waals surface area contributed by atoms with Crippen molar-refractivity contribution in [1.82, 2.24) is 10.2 Å². The molecule has 7 nitrogen and oxygen atoms in total. The molecule has 1 atom stereocenters. The smallest absolute Gasteiger partial charge is 0.243 e. The summed E-state index contributed by atoms with van der Waals surface area (Å²) in [6.45, 7) is 4.17. The molecule has 0 spiro atoms. The van der Waals surface area contributed by atoms with Crippen molar-refractivity contribution < 1.29 is 18.0 Å². The molecule has 214 valence electrons. The second-order valence-electron chi connectivity index (χ2n) is 10.3. The van der Waals surface area contributed by atoms with Crippen molar-refractivity contribution >= 4 is 50.7 Å². The Morgan fingerprint density at radius 1 is 1.03 bits per heavy atom. The molecule has 0 radical (unpaired) electrons. The predicted octanol–water partition coefficient (Wildman–Crippen LogP) is 6.10. The molecule has 1 N–H and O–H groups in total. The quantitative estimate of drug-likeness (QED) is 0.321. The van der Waals surface area contributed by atoms with Gasteiger partial charge in [0.15, 0.2) is 0 Å². The van der Waals surface area contributed by atoms with E-state index in [1.165, 1.54) is 10.7 Å². The number of benzene rings is 2. The Morgan fingerprint density at radius 2 is 1.69 bits per heavy atom. The van der Waals surface area contributed by atoms with Gasteiger partial charge in [-0.2, -0.15) is 0 Å². The third-order valence-corrected chi connectivity index (χ3v) is 9.08. The number of halogens is 2. The minimum absolute atomic E-state index is 0.0897. The Morgan fingerprint density at radius 3 is 2.28 bits per heavy atom. The predicted molar refractivity (Wildman–Crippen MR) is 159 cm³/mol. The lowest BCUT2D eigenvalue weighted by Gasteiger charge is -2.33. The summed E-state index contributed by atoms with van der Waals surface area (Å²) in [5, 5.41) is 3.96. The van der Waals surface area contributed by atoms with Crippen LogP contribution in [-0.4, -0.2) is 50.0 Å². The van der Waals surface area contributed by atoms with Gasteiger partial charge in [0.25, 0.3) is 0 Å². The molecule has 0 saturated heterocycles. The van der Waals surface area contributed by atoms with Crippen molar-refractivity contribution in [2.45, 2.75) is 83.8 Å². The first-order valence-electron chi connectivity index (χ1n) is 13.6. The van der Waals surface area contributed by atoms with E-state index in [2.05, 4.69) is 5.32 Å². The zero-order valence-corrected chi connectivity index (χ0v) is 25.3. The van der Waals surface area contributed by atoms with Crippen LogP contribution >= 0.6 is 23.2 Å². The van der Waals surface area contributed by atoms with Gasteiger partial charge in [-0.15, -0.1) is 0 Å². The number of anilines is 1. The molecule has 0 unspecified atom stereocenters. The van der Waals surface area contributed by atoms with Crippen LogP contribution in [0.3, 0.4) is 0 Å². The minimum atomic E-state index is -3.54. The van der Waals surface area contributed by atoms with Crippen LogP contribution in [0.15, 0.2) is 42.5 Å². The zero-order chi connectivity index (χ0) is 28.6. The topological polar surface area (TPSA) is 86.8 Å². The first kappa shape index (κ1) is 31.2. The van der Waals surface area contributed by atoms with Crippen LogP contribution in [0.2, 0.25) is 10.0 Å². The molecule has 10 heteroatoms. The highest BCUT2D eigenvalue weighted by Gasteiger charge is 2.30. The summed E-state index contributed by atoms with van der Waals surface area (Å²) in [5.41, 5.74) is 2.35. The lowest BCUT2D eigenvalue weighted by Crippen LogP contribution is -2.51. The monoisotopic (exact) mass is 595 g/mol. The second kappa shape index (κ2) is 14.4. The first-order valence-corrected chi connectivity index (χ1v) is 16.2. The van der Waals surface area contributed by atoms with Gasteiger partial charge in [-0.05, 0) is 62.4 Å². The van der Waals surface area contributed by atoms with E-state index >= 15 is 0 Å². The van der Waals surface area contributed by atoms with Crippen LogP contribution in [0.1, 0.15) is 69.4 Å². The van der Waals surface area contributed by atoms with Gasteiger partial charge >= 0.3 is 0 Å². The molecular weight excluding hydrogens is 557 g/mol. The van der Waals surface area contributed by atoms with Gasteiger partial charge in [0.05, 0.1) is 22.0 Å². The number of carbonyl (C=O) groups excluding carboxylic acids is 2. The van der Waals surface area contributed by atoms with Crippen LogP contribution in [-0.2, 0) is 26.2 Å². The van der Waals surface area contributed by atoms with E-state index in [9.17, 15) is 18.0 Å². The van der Waals surface area contributed by atoms with E-state index in [1.54, 1.807) is 35.2 Å². The Balaban J connectivity index is 1.77. The zero-order valence-electron chi connectivity index (χ0n) is 23.0. The van der Waals surface area contributed by atoms with Gasteiger partial charge in [-0.3, -0.25) is 13.9 Å². The Labute approximate surface area is 242 Å². The molecule has 1 fully saturated rings. The number of nitrogens with zero attached hydrogens (tertiary/aromatic N) is 2. The van der Waals surface area contributed by atoms with Crippen molar-refractivity contribution in [2.24, 2.45) is 0 Å². The highest BCUT2D eigenvalue weighted by atomic mass is 35.5. The number of aryl methyl sites for hydroxylation is 1. The number of carbonyl (C=O) groups is 2. The van der Waals surface area contributed by atoms with E-state index in [4.69, 9.17) is 23.2 Å². The standard InChI is InChI=1S/C29H39Cl2N3O4S/c1-4-27(29(36)32-23-9-6-5-7-10-23)33(20-22-14-17-25(30)26(31)19-22)28(35)11-8-18-34(39(3,37)38)24-15-12-21(2)13-16-24/h12-17,19,23,27H,4-11,18,20H2,1-3H3,(H,32,36)/t27-/m0/s1. The highest BCUT2D eigenvalue weighted by molar-refractivity contribution is 7.92. The molecule has 0 aliphatic heterocycles. The molecule has 39 heavy (non-hydrogen) atoms. The Bertz CT molecular complexity index is 1230. The summed E-state index contributed by atoms with van der Waals surface area (Å²) in [4.78, 5) is 28.6. The summed E-state index contributed by atoms with van der Waals surface area (Å²) in [7, 11) is -3.54. The summed E-state index contributed by atoms with van der Waals surface area (Å²) in [6.07, 6.45) is 7.26. The number of rotatable bonds is 12. The fourth-order valence-electron chi connectivity index (χ4n) is 5.01. The van der Waals surface area contributed by atoms with E-state index in [1.807, 2.05) is 26.0 Å². The van der Waals surface area contributed by atoms with Gasteiger partial charge in [-0.1, -0.05) is 73.2 Å². The fraction of sp³-hybridized carbons (Fsp3) is 0.517. The van der Waals surface area contributed by atoms with Crippen LogP contribution in [0, 0.1) is 6.92 Å². The number of hydrogen-bond acceptors (Lipinski definition) is 4. The van der Waals surface area contributed by atoms with Gasteiger partial charge in [0.1, 0.15) is 6.04 Å². The normalized spacial score (nSPS) is 15.0. The molecule has 1 aliphatic rings. The van der Waals surface area contributed by atoms with Crippen molar-refractivity contribution in [2.75, 3.05) is 17.1 Å². The molecular formula is C29H39Cl2N3O4S. The lowest BCUT2D eigenvalue weighted by molar-refractivity contribution is -0.141. The maximum absolute atomic E-state index is 13.6. The second-order valence-corrected chi connectivity index (χ2v) is 13.0. The van der Waals surface area contributed by atoms with Crippen molar-refractivity contribution in [3.63, 3.8) is 0 Å². The van der Waals surface area contributed by atoms with E-state index < -0.39 is 16.1 Å². The molecule has 2 aromatic rings. The SMILES string of the molecule is CC[C@@H](C(=O)NC1CCCCC1)N(Cc1ccc(Cl)c(Cl)c1)C(=O)CCCN(c1ccc(C)cc1)S(C)(=O)=O. The van der Waals surface area contributed by atoms with Crippen molar-refractivity contribution in [3.8, 4) is 0 Å². The summed E-state index contributed by atoms with van der Waals surface area (Å²) < 4.78 is 26.3. The molecule has 1 aliphatic carbocycles. The third kappa shape index (κ3) is 9.12. The molecule has 1 saturated carbocycles. The van der Waals surface area contributed by atoms with Crippen molar-refractivity contribution in [3.05, 3.63) is 63.6 Å². The number of nitrogens with one attached hydrogen (secondary N) is 1. The van der Waals surface area contributed by atoms with Crippen LogP contribution in [0.5, 0.6) is 0 Å². The largest absolute Gasteiger partial charge is 0.352 e. The van der Waals surface area contributed by atoms with E-state index in [-0.39, 0.29) is 37.4 Å². The van der Waals surface area contributed by atoms with Gasteiger partial charge < -0.3 is 10.2 Å². The lowest BCUT2D eigenvalue weighted by atomic mass is 9.95. The Kier molecular flexibility index (Phi) is 11.5. The van der Waals surface area contributed by atoms with Gasteiger partial charge in [0, 0.05) is 25.6 Å². The molecule has 0 bridgehead atoms. The number of hydrogen-bond donors (Lipinski definition) is 1. The Hall–Kier alpha value is -2.29. The molecule has 0 aromatic heterocycles. The average molecular weight is 597 g/mol. The fourth-order valence-corrected chi connectivity index (χ4v) is 6.30. The first-order chi connectivity index (χ1) is 18.5. The van der Waals surface area contributed by atoms with Crippen molar-refractivity contribution in [1.29, 1.82) is 0 Å². The van der Waals surface area contributed by atoms with E-state index in [0.717, 1.165) is 43.1 Å². The average Bonchev–Trinajstić information content (AvgIpc) is 2.89. The molecule has 2 aromatic carbocycles. The summed E-state index contributed by atoms with van der Waals surface area (Å²) in [6, 6.07) is 11.9.